The van der Waals surface area contributed by atoms with E-state index in [1.54, 1.807) is 61.2 Å². The average molecular weight is 467 g/mol. The second-order valence-electron chi connectivity index (χ2n) is 6.80. The Bertz CT molecular complexity index is 1210. The maximum Gasteiger partial charge on any atom is 0.0943 e. The van der Waals surface area contributed by atoms with Gasteiger partial charge < -0.3 is 10.4 Å². The third-order valence-electron chi connectivity index (χ3n) is 4.76. The molecule has 32 heavy (non-hydrogen) atoms. The van der Waals surface area contributed by atoms with Crippen LogP contribution in [0.4, 0.5) is 0 Å². The fourth-order valence-electron chi connectivity index (χ4n) is 3.18. The fraction of sp³-hybridized carbons (Fsp3) is 0.0909. The van der Waals surface area contributed by atoms with Crippen molar-refractivity contribution in [1.29, 1.82) is 0 Å². The van der Waals surface area contributed by atoms with Crippen molar-refractivity contribution < 1.29 is 10.4 Å². The molecular weight excluding hydrogens is 451 g/mol. The van der Waals surface area contributed by atoms with Crippen molar-refractivity contribution in [3.63, 3.8) is 0 Å². The molecule has 3 aromatic heterocycles. The Kier molecular flexibility index (Phi) is 6.53. The highest BCUT2D eigenvalue weighted by Gasteiger charge is 2.18. The van der Waals surface area contributed by atoms with E-state index >= 15 is 0 Å². The quantitative estimate of drug-likeness (QED) is 0.244. The summed E-state index contributed by atoms with van der Waals surface area (Å²) < 4.78 is 0. The normalized spacial score (nSPS) is 12.3. The molecule has 0 saturated heterocycles. The van der Waals surface area contributed by atoms with Gasteiger partial charge in [-0.25, -0.2) is 9.97 Å². The van der Waals surface area contributed by atoms with E-state index in [-0.39, 0.29) is 12.8 Å². The van der Waals surface area contributed by atoms with Gasteiger partial charge in [-0.15, -0.1) is 0 Å². The number of hydrogen-bond acceptors (Lipinski definition) is 8. The summed E-state index contributed by atoms with van der Waals surface area (Å²) in [6.07, 6.45) is 6.76. The summed E-state index contributed by atoms with van der Waals surface area (Å²) in [5.41, 5.74) is 4.11. The standard InChI is InChI=1S/C22H16Cl2N6O2/c23-15-7-19-20(8-16(15)24)28-22(10-18(30-32)14-4-2-6-26-12-14)21(27-19)9-17(29-31)13-3-1-5-25-11-13/h1-8,11-12,31-32H,9-10H2/b29-17-,30-18-. The molecule has 4 aromatic rings. The van der Waals surface area contributed by atoms with E-state index in [0.29, 0.717) is 55.0 Å². The molecular formula is C22H16Cl2N6O2. The molecule has 1 aromatic carbocycles. The molecule has 0 aliphatic rings. The molecule has 0 spiro atoms. The number of halogens is 2. The lowest BCUT2D eigenvalue weighted by Crippen LogP contribution is -2.15. The third kappa shape index (κ3) is 4.66. The number of hydrogen-bond donors (Lipinski definition) is 2. The molecule has 3 heterocycles. The number of pyridine rings is 2. The second kappa shape index (κ2) is 9.67. The Hall–Kier alpha value is -3.62. The van der Waals surface area contributed by atoms with E-state index in [2.05, 4.69) is 20.3 Å². The smallest absolute Gasteiger partial charge is 0.0943 e. The first-order chi connectivity index (χ1) is 15.6. The van der Waals surface area contributed by atoms with Gasteiger partial charge >= 0.3 is 0 Å². The van der Waals surface area contributed by atoms with Crippen molar-refractivity contribution in [2.24, 2.45) is 10.3 Å². The van der Waals surface area contributed by atoms with Gasteiger partial charge in [-0.1, -0.05) is 33.5 Å². The zero-order valence-electron chi connectivity index (χ0n) is 16.5. The van der Waals surface area contributed by atoms with Gasteiger partial charge in [0.2, 0.25) is 0 Å². The summed E-state index contributed by atoms with van der Waals surface area (Å²) in [4.78, 5) is 17.5. The predicted molar refractivity (Wildman–Crippen MR) is 122 cm³/mol. The number of aromatic nitrogens is 4. The van der Waals surface area contributed by atoms with E-state index in [0.717, 1.165) is 0 Å². The first-order valence-corrected chi connectivity index (χ1v) is 10.2. The monoisotopic (exact) mass is 466 g/mol. The van der Waals surface area contributed by atoms with Gasteiger partial charge in [-0.05, 0) is 36.4 Å². The van der Waals surface area contributed by atoms with Gasteiger partial charge in [-0.3, -0.25) is 9.97 Å². The van der Waals surface area contributed by atoms with E-state index in [1.807, 2.05) is 0 Å². The largest absolute Gasteiger partial charge is 0.411 e. The molecule has 0 saturated carbocycles. The van der Waals surface area contributed by atoms with Crippen LogP contribution in [0.25, 0.3) is 11.0 Å². The molecule has 10 heteroatoms. The molecule has 0 unspecified atom stereocenters. The zero-order chi connectivity index (χ0) is 22.5. The number of nitrogens with zero attached hydrogens (tertiary/aromatic N) is 6. The van der Waals surface area contributed by atoms with Crippen LogP contribution in [-0.2, 0) is 12.8 Å². The Labute approximate surface area is 192 Å². The minimum absolute atomic E-state index is 0.159. The Balaban J connectivity index is 1.81. The van der Waals surface area contributed by atoms with Crippen LogP contribution < -0.4 is 0 Å². The minimum Gasteiger partial charge on any atom is -0.411 e. The Morgan fingerprint density at radius 2 is 1.19 bits per heavy atom. The predicted octanol–water partition coefficient (Wildman–Crippen LogP) is 4.57. The summed E-state index contributed by atoms with van der Waals surface area (Å²) >= 11 is 12.3. The van der Waals surface area contributed by atoms with Gasteiger partial charge in [0.1, 0.15) is 0 Å². The fourth-order valence-corrected chi connectivity index (χ4v) is 3.50. The molecule has 0 aliphatic carbocycles. The van der Waals surface area contributed by atoms with Crippen molar-refractivity contribution in [3.05, 3.63) is 93.7 Å². The van der Waals surface area contributed by atoms with Crippen LogP contribution >= 0.6 is 23.2 Å². The Morgan fingerprint density at radius 1 is 0.750 bits per heavy atom. The number of benzene rings is 1. The molecule has 0 fully saturated rings. The summed E-state index contributed by atoms with van der Waals surface area (Å²) in [7, 11) is 0. The van der Waals surface area contributed by atoms with Gasteiger partial charge in [0.05, 0.1) is 43.9 Å². The van der Waals surface area contributed by atoms with Crippen molar-refractivity contribution >= 4 is 45.7 Å². The third-order valence-corrected chi connectivity index (χ3v) is 5.48. The molecule has 4 rings (SSSR count). The second-order valence-corrected chi connectivity index (χ2v) is 7.62. The molecule has 0 atom stereocenters. The summed E-state index contributed by atoms with van der Waals surface area (Å²) in [5.74, 6) is 0. The van der Waals surface area contributed by atoms with Crippen molar-refractivity contribution in [2.45, 2.75) is 12.8 Å². The topological polar surface area (TPSA) is 117 Å². The van der Waals surface area contributed by atoms with Gasteiger partial charge in [-0.2, -0.15) is 0 Å². The van der Waals surface area contributed by atoms with Crippen LogP contribution in [-0.4, -0.2) is 41.8 Å². The van der Waals surface area contributed by atoms with E-state index in [4.69, 9.17) is 33.2 Å². The lowest BCUT2D eigenvalue weighted by Gasteiger charge is -2.12. The number of fused-ring (bicyclic) bond motifs is 1. The van der Waals surface area contributed by atoms with Crippen LogP contribution in [0.2, 0.25) is 10.0 Å². The van der Waals surface area contributed by atoms with Crippen molar-refractivity contribution in [1.82, 2.24) is 19.9 Å². The molecule has 8 nitrogen and oxygen atoms in total. The van der Waals surface area contributed by atoms with Crippen LogP contribution in [0.5, 0.6) is 0 Å². The van der Waals surface area contributed by atoms with Crippen LogP contribution in [0.1, 0.15) is 22.5 Å². The summed E-state index contributed by atoms with van der Waals surface area (Å²) in [6, 6.07) is 10.3. The SMILES string of the molecule is O/N=C(/Cc1nc2cc(Cl)c(Cl)cc2nc1C/C(=N/O)c1cccnc1)c1cccnc1. The average Bonchev–Trinajstić information content (AvgIpc) is 2.83. The highest BCUT2D eigenvalue weighted by molar-refractivity contribution is 6.42. The molecule has 0 amide bonds. The van der Waals surface area contributed by atoms with Gasteiger partial charge in [0, 0.05) is 48.8 Å². The lowest BCUT2D eigenvalue weighted by molar-refractivity contribution is 0.318. The highest BCUT2D eigenvalue weighted by Crippen LogP contribution is 2.27. The first kappa shape index (κ1) is 21.6. The van der Waals surface area contributed by atoms with E-state index < -0.39 is 0 Å². The van der Waals surface area contributed by atoms with E-state index in [1.165, 1.54) is 0 Å². The first-order valence-electron chi connectivity index (χ1n) is 9.46. The van der Waals surface area contributed by atoms with Gasteiger partial charge in [0.15, 0.2) is 0 Å². The van der Waals surface area contributed by atoms with Crippen molar-refractivity contribution in [3.8, 4) is 0 Å². The molecule has 0 bridgehead atoms. The van der Waals surface area contributed by atoms with Crippen LogP contribution in [0.3, 0.4) is 0 Å². The van der Waals surface area contributed by atoms with Crippen molar-refractivity contribution in [2.75, 3.05) is 0 Å². The molecule has 0 radical (unpaired) electrons. The maximum atomic E-state index is 9.63. The highest BCUT2D eigenvalue weighted by atomic mass is 35.5. The minimum atomic E-state index is 0.159. The summed E-state index contributed by atoms with van der Waals surface area (Å²) in [5, 5.41) is 26.8. The lowest BCUT2D eigenvalue weighted by atomic mass is 10.0. The Morgan fingerprint density at radius 3 is 1.53 bits per heavy atom. The number of oxime groups is 2. The van der Waals surface area contributed by atoms with Crippen LogP contribution in [0, 0.1) is 0 Å². The maximum absolute atomic E-state index is 9.63. The number of rotatable bonds is 6. The van der Waals surface area contributed by atoms with Gasteiger partial charge in [0.25, 0.3) is 0 Å². The molecule has 0 aliphatic heterocycles. The zero-order valence-corrected chi connectivity index (χ0v) is 18.0. The molecule has 160 valence electrons. The molecule has 2 N–H and O–H groups in total. The van der Waals surface area contributed by atoms with Crippen LogP contribution in [0.15, 0.2) is 71.5 Å². The summed E-state index contributed by atoms with van der Waals surface area (Å²) in [6.45, 7) is 0. The van der Waals surface area contributed by atoms with E-state index in [9.17, 15) is 10.4 Å².